The predicted molar refractivity (Wildman–Crippen MR) is 130 cm³/mol. The molecule has 35 heavy (non-hydrogen) atoms. The van der Waals surface area contributed by atoms with Crippen molar-refractivity contribution in [1.29, 1.82) is 0 Å². The van der Waals surface area contributed by atoms with Crippen molar-refractivity contribution in [1.82, 2.24) is 15.6 Å². The van der Waals surface area contributed by atoms with E-state index < -0.39 is 17.5 Å². The second-order valence-electron chi connectivity index (χ2n) is 8.92. The Morgan fingerprint density at radius 1 is 1.03 bits per heavy atom. The Bertz CT molecular complexity index is 1240. The molecule has 8 nitrogen and oxygen atoms in total. The van der Waals surface area contributed by atoms with E-state index in [2.05, 4.69) is 39.9 Å². The van der Waals surface area contributed by atoms with Gasteiger partial charge >= 0.3 is 12.1 Å². The van der Waals surface area contributed by atoms with Gasteiger partial charge in [0.05, 0.1) is 18.2 Å². The number of carboxylic acids is 1. The number of aromatic carboxylic acids is 1. The van der Waals surface area contributed by atoms with Crippen LogP contribution in [0.1, 0.15) is 51.0 Å². The van der Waals surface area contributed by atoms with Crippen molar-refractivity contribution in [3.05, 3.63) is 75.7 Å². The summed E-state index contributed by atoms with van der Waals surface area (Å²) in [6, 6.07) is 16.3. The Kier molecular flexibility index (Phi) is 6.25. The highest BCUT2D eigenvalue weighted by Crippen LogP contribution is 2.44. The number of carbonyl (C=O) groups is 3. The summed E-state index contributed by atoms with van der Waals surface area (Å²) in [5.41, 5.74) is 3.93. The van der Waals surface area contributed by atoms with Gasteiger partial charge in [0.15, 0.2) is 0 Å². The molecule has 0 atom stereocenters. The highest BCUT2D eigenvalue weighted by Gasteiger charge is 2.44. The molecule has 0 unspecified atom stereocenters. The van der Waals surface area contributed by atoms with E-state index in [0.717, 1.165) is 40.0 Å². The van der Waals surface area contributed by atoms with Gasteiger partial charge in [-0.15, -0.1) is 11.3 Å². The number of fused-ring (bicyclic) bond motifs is 3. The zero-order chi connectivity index (χ0) is 24.4. The molecule has 180 valence electrons. The standard InChI is InChI=1S/C26H25N3O5S/c30-23(31)21-12-27-22(35-21)13-28-24(32)26(10-5-11-26)15-29-25(33)34-14-20-18-8-3-1-6-16(18)17-7-2-4-9-19(17)20/h1-4,6-9,12,20H,5,10-11,13-15H2,(H,28,32)(H,29,33)(H,30,31). The third kappa shape index (κ3) is 4.51. The lowest BCUT2D eigenvalue weighted by molar-refractivity contribution is -0.135. The third-order valence-electron chi connectivity index (χ3n) is 6.87. The van der Waals surface area contributed by atoms with E-state index in [1.165, 1.54) is 6.20 Å². The molecule has 0 radical (unpaired) electrons. The average Bonchev–Trinajstić information content (AvgIpc) is 3.44. The summed E-state index contributed by atoms with van der Waals surface area (Å²) in [5, 5.41) is 15.2. The summed E-state index contributed by atoms with van der Waals surface area (Å²) < 4.78 is 5.59. The van der Waals surface area contributed by atoms with E-state index in [4.69, 9.17) is 9.84 Å². The molecule has 5 rings (SSSR count). The fourth-order valence-electron chi connectivity index (χ4n) is 4.81. The lowest BCUT2D eigenvalue weighted by atomic mass is 9.68. The number of hydrogen-bond donors (Lipinski definition) is 3. The van der Waals surface area contributed by atoms with Crippen molar-refractivity contribution in [2.24, 2.45) is 5.41 Å². The lowest BCUT2D eigenvalue weighted by Crippen LogP contribution is -2.52. The van der Waals surface area contributed by atoms with Crippen LogP contribution in [0.5, 0.6) is 0 Å². The smallest absolute Gasteiger partial charge is 0.407 e. The average molecular weight is 492 g/mol. The van der Waals surface area contributed by atoms with Gasteiger partial charge in [0.1, 0.15) is 16.5 Å². The number of nitrogens with one attached hydrogen (secondary N) is 2. The van der Waals surface area contributed by atoms with E-state index in [1.807, 2.05) is 24.3 Å². The molecule has 1 aromatic heterocycles. The number of thiazole rings is 1. The van der Waals surface area contributed by atoms with Gasteiger partial charge in [-0.25, -0.2) is 14.6 Å². The van der Waals surface area contributed by atoms with Crippen molar-refractivity contribution in [3.8, 4) is 11.1 Å². The number of nitrogens with zero attached hydrogens (tertiary/aromatic N) is 1. The topological polar surface area (TPSA) is 118 Å². The van der Waals surface area contributed by atoms with Crippen molar-refractivity contribution in [2.75, 3.05) is 13.2 Å². The summed E-state index contributed by atoms with van der Waals surface area (Å²) in [5.74, 6) is -1.24. The van der Waals surface area contributed by atoms with E-state index in [0.29, 0.717) is 17.8 Å². The molecule has 0 saturated heterocycles. The van der Waals surface area contributed by atoms with Crippen LogP contribution in [0.3, 0.4) is 0 Å². The Labute approximate surface area is 206 Å². The van der Waals surface area contributed by atoms with Gasteiger partial charge < -0.3 is 20.5 Å². The van der Waals surface area contributed by atoms with Crippen LogP contribution in [0, 0.1) is 5.41 Å². The molecule has 2 aromatic carbocycles. The number of carbonyl (C=O) groups excluding carboxylic acids is 2. The quantitative estimate of drug-likeness (QED) is 0.435. The number of aromatic nitrogens is 1. The summed E-state index contributed by atoms with van der Waals surface area (Å²) in [7, 11) is 0. The molecule has 1 saturated carbocycles. The number of rotatable bonds is 8. The molecule has 0 spiro atoms. The minimum Gasteiger partial charge on any atom is -0.477 e. The second-order valence-corrected chi connectivity index (χ2v) is 10.0. The Morgan fingerprint density at radius 2 is 1.69 bits per heavy atom. The van der Waals surface area contributed by atoms with E-state index in [9.17, 15) is 14.4 Å². The molecular formula is C26H25N3O5S. The normalized spacial score (nSPS) is 15.4. The monoisotopic (exact) mass is 491 g/mol. The maximum atomic E-state index is 12.9. The first kappa shape index (κ1) is 23.0. The van der Waals surface area contributed by atoms with Gasteiger partial charge in [-0.1, -0.05) is 55.0 Å². The van der Waals surface area contributed by atoms with E-state index in [1.54, 1.807) is 0 Å². The lowest BCUT2D eigenvalue weighted by Gasteiger charge is -2.40. The highest BCUT2D eigenvalue weighted by atomic mass is 32.1. The zero-order valence-electron chi connectivity index (χ0n) is 19.0. The van der Waals surface area contributed by atoms with Crippen molar-refractivity contribution in [3.63, 3.8) is 0 Å². The molecule has 3 aromatic rings. The first-order valence-corrected chi connectivity index (χ1v) is 12.3. The zero-order valence-corrected chi connectivity index (χ0v) is 19.8. The highest BCUT2D eigenvalue weighted by molar-refractivity contribution is 7.13. The summed E-state index contributed by atoms with van der Waals surface area (Å²) >= 11 is 1.03. The number of benzene rings is 2. The van der Waals surface area contributed by atoms with Crippen LogP contribution >= 0.6 is 11.3 Å². The van der Waals surface area contributed by atoms with E-state index >= 15 is 0 Å². The van der Waals surface area contributed by atoms with Gasteiger partial charge in [-0.3, -0.25) is 4.79 Å². The summed E-state index contributed by atoms with van der Waals surface area (Å²) in [6.07, 6.45) is 2.98. The van der Waals surface area contributed by atoms with Crippen LogP contribution in [0.4, 0.5) is 4.79 Å². The van der Waals surface area contributed by atoms with Gasteiger partial charge in [-0.2, -0.15) is 0 Å². The maximum absolute atomic E-state index is 12.9. The Hall–Kier alpha value is -3.72. The molecule has 3 N–H and O–H groups in total. The number of alkyl carbamates (subject to hydrolysis) is 1. The Morgan fingerprint density at radius 3 is 2.26 bits per heavy atom. The molecule has 0 aliphatic heterocycles. The van der Waals surface area contributed by atoms with Gasteiger partial charge in [0.2, 0.25) is 5.91 Å². The minimum atomic E-state index is -1.04. The van der Waals surface area contributed by atoms with Crippen LogP contribution in [-0.4, -0.2) is 41.2 Å². The van der Waals surface area contributed by atoms with E-state index in [-0.39, 0.29) is 36.4 Å². The van der Waals surface area contributed by atoms with Crippen LogP contribution < -0.4 is 10.6 Å². The maximum Gasteiger partial charge on any atom is 0.407 e. The number of hydrogen-bond acceptors (Lipinski definition) is 6. The fraction of sp³-hybridized carbons (Fsp3) is 0.308. The first-order valence-electron chi connectivity index (χ1n) is 11.5. The number of ether oxygens (including phenoxy) is 1. The van der Waals surface area contributed by atoms with Gasteiger partial charge in [-0.05, 0) is 35.1 Å². The summed E-state index contributed by atoms with van der Waals surface area (Å²) in [6.45, 7) is 0.562. The third-order valence-corrected chi connectivity index (χ3v) is 7.86. The minimum absolute atomic E-state index is 0.0249. The first-order chi connectivity index (χ1) is 17.0. The largest absolute Gasteiger partial charge is 0.477 e. The molecule has 9 heteroatoms. The SMILES string of the molecule is O=C(NCC1(C(=O)NCc2ncc(C(=O)O)s2)CCC1)OCC1c2ccccc2-c2ccccc21. The second kappa shape index (κ2) is 9.50. The van der Waals surface area contributed by atoms with Crippen molar-refractivity contribution in [2.45, 2.75) is 31.7 Å². The predicted octanol–water partition coefficient (Wildman–Crippen LogP) is 4.17. The number of carboxylic acid groups (broad SMARTS) is 1. The summed E-state index contributed by atoms with van der Waals surface area (Å²) in [4.78, 5) is 40.6. The van der Waals surface area contributed by atoms with Crippen LogP contribution in [0.25, 0.3) is 11.1 Å². The van der Waals surface area contributed by atoms with Crippen molar-refractivity contribution < 1.29 is 24.2 Å². The molecule has 2 amide bonds. The molecule has 2 aliphatic carbocycles. The number of amides is 2. The van der Waals surface area contributed by atoms with Crippen LogP contribution in [-0.2, 0) is 16.1 Å². The Balaban J connectivity index is 1.15. The fourth-order valence-corrected chi connectivity index (χ4v) is 5.51. The van der Waals surface area contributed by atoms with Gasteiger partial charge in [0, 0.05) is 12.5 Å². The molecule has 0 bridgehead atoms. The molecule has 1 heterocycles. The van der Waals surface area contributed by atoms with Crippen molar-refractivity contribution >= 4 is 29.3 Å². The molecule has 2 aliphatic rings. The van der Waals surface area contributed by atoms with Gasteiger partial charge in [0.25, 0.3) is 0 Å². The molecule has 1 fully saturated rings. The van der Waals surface area contributed by atoms with Crippen LogP contribution in [0.2, 0.25) is 0 Å². The van der Waals surface area contributed by atoms with Crippen LogP contribution in [0.15, 0.2) is 54.7 Å². The molecular weight excluding hydrogens is 466 g/mol.